The van der Waals surface area contributed by atoms with Crippen LogP contribution in [0.3, 0.4) is 0 Å². The van der Waals surface area contributed by atoms with E-state index in [0.29, 0.717) is 0 Å². The first-order chi connectivity index (χ1) is 7.14. The number of amides is 1. The molecule has 1 amide bonds. The summed E-state index contributed by atoms with van der Waals surface area (Å²) in [7, 11) is 0. The van der Waals surface area contributed by atoms with Gasteiger partial charge in [0.2, 0.25) is 5.91 Å². The van der Waals surface area contributed by atoms with Crippen LogP contribution in [0.15, 0.2) is 12.7 Å². The third-order valence-electron chi connectivity index (χ3n) is 3.43. The number of hydrogen-bond acceptors (Lipinski definition) is 2. The fraction of sp³-hybridized carbons (Fsp3) is 0.750. The van der Waals surface area contributed by atoms with E-state index in [4.69, 9.17) is 0 Å². The standard InChI is InChI=1S/C12H22N2O/c1-4-10(3)14-11(15)12(5-2)6-8-13-9-7-12/h4,10,13H,1,5-9H2,2-3H3,(H,14,15). The number of carbonyl (C=O) groups is 1. The highest BCUT2D eigenvalue weighted by atomic mass is 16.2. The van der Waals surface area contributed by atoms with Crippen LogP contribution >= 0.6 is 0 Å². The van der Waals surface area contributed by atoms with Gasteiger partial charge in [-0.1, -0.05) is 13.0 Å². The molecule has 0 aliphatic carbocycles. The zero-order valence-electron chi connectivity index (χ0n) is 9.81. The summed E-state index contributed by atoms with van der Waals surface area (Å²) in [5.41, 5.74) is -0.150. The number of nitrogens with one attached hydrogen (secondary N) is 2. The predicted octanol–water partition coefficient (Wildman–Crippen LogP) is 1.46. The molecule has 1 aliphatic heterocycles. The average molecular weight is 210 g/mol. The Balaban J connectivity index is 2.63. The van der Waals surface area contributed by atoms with Crippen molar-refractivity contribution < 1.29 is 4.79 Å². The zero-order valence-corrected chi connectivity index (χ0v) is 9.81. The first-order valence-corrected chi connectivity index (χ1v) is 5.79. The normalized spacial score (nSPS) is 21.7. The molecule has 3 heteroatoms. The molecule has 1 saturated heterocycles. The second kappa shape index (κ2) is 5.31. The molecule has 0 bridgehead atoms. The molecule has 3 nitrogen and oxygen atoms in total. The van der Waals surface area contributed by atoms with Gasteiger partial charge in [0, 0.05) is 6.04 Å². The van der Waals surface area contributed by atoms with Gasteiger partial charge in [-0.05, 0) is 39.3 Å². The van der Waals surface area contributed by atoms with Crippen LogP contribution in [0.2, 0.25) is 0 Å². The second-order valence-corrected chi connectivity index (χ2v) is 4.38. The molecular weight excluding hydrogens is 188 g/mol. The molecule has 0 spiro atoms. The third-order valence-corrected chi connectivity index (χ3v) is 3.43. The summed E-state index contributed by atoms with van der Waals surface area (Å²) in [6.07, 6.45) is 4.57. The maximum Gasteiger partial charge on any atom is 0.226 e. The number of piperidine rings is 1. The molecule has 0 aromatic carbocycles. The summed E-state index contributed by atoms with van der Waals surface area (Å²) in [6.45, 7) is 9.63. The van der Waals surface area contributed by atoms with Crippen LogP contribution in [0.4, 0.5) is 0 Å². The Labute approximate surface area is 92.3 Å². The number of hydrogen-bond donors (Lipinski definition) is 2. The Kier molecular flexibility index (Phi) is 4.33. The molecule has 1 rings (SSSR count). The molecule has 1 heterocycles. The van der Waals surface area contributed by atoms with Gasteiger partial charge in [0.25, 0.3) is 0 Å². The molecule has 1 atom stereocenters. The number of rotatable bonds is 4. The third kappa shape index (κ3) is 2.81. The minimum atomic E-state index is -0.150. The highest BCUT2D eigenvalue weighted by Gasteiger charge is 2.37. The van der Waals surface area contributed by atoms with Crippen LogP contribution in [0.1, 0.15) is 33.1 Å². The van der Waals surface area contributed by atoms with E-state index < -0.39 is 0 Å². The summed E-state index contributed by atoms with van der Waals surface area (Å²) in [4.78, 5) is 12.1. The second-order valence-electron chi connectivity index (χ2n) is 4.38. The van der Waals surface area contributed by atoms with E-state index in [2.05, 4.69) is 24.1 Å². The Morgan fingerprint density at radius 3 is 2.67 bits per heavy atom. The first kappa shape index (κ1) is 12.2. The molecule has 86 valence electrons. The van der Waals surface area contributed by atoms with Gasteiger partial charge in [0.05, 0.1) is 5.41 Å². The summed E-state index contributed by atoms with van der Waals surface area (Å²) in [5, 5.41) is 6.30. The SMILES string of the molecule is C=CC(C)NC(=O)C1(CC)CCNCC1. The van der Waals surface area contributed by atoms with Gasteiger partial charge in [0.1, 0.15) is 0 Å². The van der Waals surface area contributed by atoms with E-state index in [9.17, 15) is 4.79 Å². The van der Waals surface area contributed by atoms with Crippen LogP contribution in [0.5, 0.6) is 0 Å². The lowest BCUT2D eigenvalue weighted by Crippen LogP contribution is -2.49. The lowest BCUT2D eigenvalue weighted by atomic mass is 9.75. The molecular formula is C12H22N2O. The van der Waals surface area contributed by atoms with Gasteiger partial charge in [0.15, 0.2) is 0 Å². The van der Waals surface area contributed by atoms with E-state index in [-0.39, 0.29) is 17.4 Å². The topological polar surface area (TPSA) is 41.1 Å². The lowest BCUT2D eigenvalue weighted by Gasteiger charge is -2.36. The minimum Gasteiger partial charge on any atom is -0.350 e. The van der Waals surface area contributed by atoms with Crippen LogP contribution in [-0.2, 0) is 4.79 Å². The highest BCUT2D eigenvalue weighted by molar-refractivity contribution is 5.83. The van der Waals surface area contributed by atoms with Crippen LogP contribution < -0.4 is 10.6 Å². The smallest absolute Gasteiger partial charge is 0.226 e. The quantitative estimate of drug-likeness (QED) is 0.690. The van der Waals surface area contributed by atoms with Crippen LogP contribution in [0, 0.1) is 5.41 Å². The minimum absolute atomic E-state index is 0.0656. The molecule has 15 heavy (non-hydrogen) atoms. The largest absolute Gasteiger partial charge is 0.350 e. The van der Waals surface area contributed by atoms with Gasteiger partial charge in [-0.25, -0.2) is 0 Å². The van der Waals surface area contributed by atoms with Crippen molar-refractivity contribution in [2.75, 3.05) is 13.1 Å². The summed E-state index contributed by atoms with van der Waals surface area (Å²) >= 11 is 0. The number of carbonyl (C=O) groups excluding carboxylic acids is 1. The van der Waals surface area contributed by atoms with Crippen LogP contribution in [-0.4, -0.2) is 25.0 Å². The van der Waals surface area contributed by atoms with Gasteiger partial charge >= 0.3 is 0 Å². The molecule has 0 aromatic heterocycles. The highest BCUT2D eigenvalue weighted by Crippen LogP contribution is 2.32. The van der Waals surface area contributed by atoms with Crippen molar-refractivity contribution in [3.05, 3.63) is 12.7 Å². The Bertz CT molecular complexity index is 232. The summed E-state index contributed by atoms with van der Waals surface area (Å²) < 4.78 is 0. The first-order valence-electron chi connectivity index (χ1n) is 5.79. The predicted molar refractivity (Wildman–Crippen MR) is 62.6 cm³/mol. The van der Waals surface area contributed by atoms with E-state index in [1.54, 1.807) is 6.08 Å². The van der Waals surface area contributed by atoms with Crippen molar-refractivity contribution in [2.45, 2.75) is 39.2 Å². The summed E-state index contributed by atoms with van der Waals surface area (Å²) in [5.74, 6) is 0.193. The van der Waals surface area contributed by atoms with Gasteiger partial charge in [-0.2, -0.15) is 0 Å². The van der Waals surface area contributed by atoms with E-state index in [1.165, 1.54) is 0 Å². The maximum absolute atomic E-state index is 12.1. The van der Waals surface area contributed by atoms with E-state index in [0.717, 1.165) is 32.4 Å². The van der Waals surface area contributed by atoms with E-state index >= 15 is 0 Å². The molecule has 0 saturated carbocycles. The van der Waals surface area contributed by atoms with Crippen molar-refractivity contribution in [1.29, 1.82) is 0 Å². The van der Waals surface area contributed by atoms with Crippen LogP contribution in [0.25, 0.3) is 0 Å². The maximum atomic E-state index is 12.1. The van der Waals surface area contributed by atoms with Crippen molar-refractivity contribution >= 4 is 5.91 Å². The fourth-order valence-electron chi connectivity index (χ4n) is 2.07. The average Bonchev–Trinajstić information content (AvgIpc) is 2.29. The van der Waals surface area contributed by atoms with Gasteiger partial charge < -0.3 is 10.6 Å². The van der Waals surface area contributed by atoms with Crippen molar-refractivity contribution in [3.8, 4) is 0 Å². The molecule has 0 aromatic rings. The monoisotopic (exact) mass is 210 g/mol. The van der Waals surface area contributed by atoms with Crippen molar-refractivity contribution in [2.24, 2.45) is 5.41 Å². The summed E-state index contributed by atoms with van der Waals surface area (Å²) in [6, 6.07) is 0.0656. The Morgan fingerprint density at radius 1 is 1.60 bits per heavy atom. The fourth-order valence-corrected chi connectivity index (χ4v) is 2.07. The Morgan fingerprint density at radius 2 is 2.20 bits per heavy atom. The van der Waals surface area contributed by atoms with Gasteiger partial charge in [-0.3, -0.25) is 4.79 Å². The van der Waals surface area contributed by atoms with Crippen molar-refractivity contribution in [3.63, 3.8) is 0 Å². The lowest BCUT2D eigenvalue weighted by molar-refractivity contribution is -0.133. The van der Waals surface area contributed by atoms with Crippen molar-refractivity contribution in [1.82, 2.24) is 10.6 Å². The molecule has 1 unspecified atom stereocenters. The molecule has 2 N–H and O–H groups in total. The molecule has 1 aliphatic rings. The molecule has 0 radical (unpaired) electrons. The van der Waals surface area contributed by atoms with E-state index in [1.807, 2.05) is 6.92 Å². The van der Waals surface area contributed by atoms with Gasteiger partial charge in [-0.15, -0.1) is 6.58 Å². The molecule has 1 fully saturated rings. The zero-order chi connectivity index (χ0) is 11.3. The Hall–Kier alpha value is -0.830.